The van der Waals surface area contributed by atoms with Crippen molar-refractivity contribution in [2.45, 2.75) is 6.92 Å². The molecule has 0 atom stereocenters. The van der Waals surface area contributed by atoms with Crippen LogP contribution in [0.15, 0.2) is 58.9 Å². The Morgan fingerprint density at radius 3 is 2.45 bits per heavy atom. The summed E-state index contributed by atoms with van der Waals surface area (Å²) in [5.41, 5.74) is 1.30. The van der Waals surface area contributed by atoms with Gasteiger partial charge in [-0.2, -0.15) is 5.26 Å². The summed E-state index contributed by atoms with van der Waals surface area (Å²) in [4.78, 5) is 25.5. The first-order chi connectivity index (χ1) is 13.8. The van der Waals surface area contributed by atoms with Crippen molar-refractivity contribution in [1.82, 2.24) is 9.36 Å². The average Bonchev–Trinajstić information content (AvgIpc) is 2.92. The molecule has 0 radical (unpaired) electrons. The molecule has 3 rings (SSSR count). The van der Waals surface area contributed by atoms with Gasteiger partial charge in [-0.15, -0.1) is 0 Å². The molecule has 3 aromatic rings. The maximum Gasteiger partial charge on any atom is 0.295 e. The second kappa shape index (κ2) is 8.39. The van der Waals surface area contributed by atoms with E-state index in [1.165, 1.54) is 10.8 Å². The molecule has 0 unspecified atom stereocenters. The number of benzene rings is 2. The normalized spacial score (nSPS) is 11.2. The number of aromatic nitrogens is 2. The summed E-state index contributed by atoms with van der Waals surface area (Å²) in [6.45, 7) is 1.71. The van der Waals surface area contributed by atoms with Crippen LogP contribution in [0.1, 0.15) is 11.3 Å². The fourth-order valence-electron chi connectivity index (χ4n) is 2.81. The smallest absolute Gasteiger partial charge is 0.295 e. The Hall–Kier alpha value is -3.27. The van der Waals surface area contributed by atoms with Crippen molar-refractivity contribution in [2.24, 2.45) is 7.05 Å². The van der Waals surface area contributed by atoms with Crippen molar-refractivity contribution in [1.29, 1.82) is 5.26 Å². The number of para-hydroxylation sites is 1. The fraction of sp³-hybridized carbons (Fsp3) is 0.0952. The minimum Gasteiger partial charge on any atom is -0.315 e. The lowest BCUT2D eigenvalue weighted by Gasteiger charge is -2.07. The van der Waals surface area contributed by atoms with Crippen molar-refractivity contribution in [2.75, 3.05) is 5.32 Å². The highest BCUT2D eigenvalue weighted by atomic mass is 35.5. The second-order valence-corrected chi connectivity index (χ2v) is 7.05. The molecule has 0 saturated heterocycles. The number of hydrogen-bond donors (Lipinski definition) is 1. The number of nitrogens with one attached hydrogen (secondary N) is 1. The van der Waals surface area contributed by atoms with Gasteiger partial charge in [0.25, 0.3) is 11.5 Å². The maximum atomic E-state index is 12.9. The van der Waals surface area contributed by atoms with Crippen LogP contribution in [0, 0.1) is 18.3 Å². The molecule has 0 saturated carbocycles. The molecule has 1 amide bonds. The Labute approximate surface area is 177 Å². The predicted octanol–water partition coefficient (Wildman–Crippen LogP) is 4.34. The third-order valence-corrected chi connectivity index (χ3v) is 5.15. The first-order valence-electron chi connectivity index (χ1n) is 8.55. The van der Waals surface area contributed by atoms with Crippen LogP contribution >= 0.6 is 23.2 Å². The number of nitriles is 1. The van der Waals surface area contributed by atoms with Gasteiger partial charge in [-0.05, 0) is 42.8 Å². The average molecular weight is 427 g/mol. The van der Waals surface area contributed by atoms with Crippen molar-refractivity contribution in [3.63, 3.8) is 0 Å². The first-order valence-corrected chi connectivity index (χ1v) is 9.31. The molecule has 0 spiro atoms. The molecular weight excluding hydrogens is 411 g/mol. The minimum absolute atomic E-state index is 0.108. The van der Waals surface area contributed by atoms with Crippen LogP contribution in [-0.2, 0) is 11.8 Å². The van der Waals surface area contributed by atoms with Gasteiger partial charge in [-0.25, -0.2) is 4.68 Å². The third kappa shape index (κ3) is 4.11. The Kier molecular flexibility index (Phi) is 5.92. The number of anilines is 1. The van der Waals surface area contributed by atoms with Gasteiger partial charge < -0.3 is 5.32 Å². The van der Waals surface area contributed by atoms with Gasteiger partial charge >= 0.3 is 0 Å². The van der Waals surface area contributed by atoms with Crippen LogP contribution in [0.4, 0.5) is 5.69 Å². The Balaban J connectivity index is 1.96. The lowest BCUT2D eigenvalue weighted by Crippen LogP contribution is -2.23. The Morgan fingerprint density at radius 2 is 1.83 bits per heavy atom. The van der Waals surface area contributed by atoms with E-state index >= 15 is 0 Å². The number of nitrogens with zero attached hydrogens (tertiary/aromatic N) is 3. The molecule has 29 heavy (non-hydrogen) atoms. The van der Waals surface area contributed by atoms with Crippen molar-refractivity contribution >= 4 is 40.9 Å². The van der Waals surface area contributed by atoms with E-state index in [1.54, 1.807) is 49.0 Å². The van der Waals surface area contributed by atoms with Crippen LogP contribution in [0.3, 0.4) is 0 Å². The first kappa shape index (κ1) is 20.5. The number of hydrogen-bond acceptors (Lipinski definition) is 3. The summed E-state index contributed by atoms with van der Waals surface area (Å²) in [6, 6.07) is 15.7. The zero-order chi connectivity index (χ0) is 21.1. The van der Waals surface area contributed by atoms with E-state index in [4.69, 9.17) is 23.2 Å². The highest BCUT2D eigenvalue weighted by molar-refractivity contribution is 6.42. The summed E-state index contributed by atoms with van der Waals surface area (Å²) in [6.07, 6.45) is 1.38. The molecule has 0 bridgehead atoms. The Morgan fingerprint density at radius 1 is 1.14 bits per heavy atom. The summed E-state index contributed by atoms with van der Waals surface area (Å²) >= 11 is 11.9. The van der Waals surface area contributed by atoms with Crippen LogP contribution in [0.2, 0.25) is 10.0 Å². The van der Waals surface area contributed by atoms with E-state index in [2.05, 4.69) is 5.32 Å². The lowest BCUT2D eigenvalue weighted by atomic mass is 10.1. The largest absolute Gasteiger partial charge is 0.315 e. The molecular formula is C21H16Cl2N4O2. The topological polar surface area (TPSA) is 79.8 Å². The molecule has 1 N–H and O–H groups in total. The molecule has 0 aliphatic heterocycles. The molecule has 1 aromatic heterocycles. The van der Waals surface area contributed by atoms with Crippen molar-refractivity contribution < 1.29 is 4.79 Å². The van der Waals surface area contributed by atoms with Crippen LogP contribution in [0.25, 0.3) is 11.8 Å². The lowest BCUT2D eigenvalue weighted by molar-refractivity contribution is -0.112. The number of halogens is 2. The molecule has 2 aromatic carbocycles. The third-order valence-electron chi connectivity index (χ3n) is 4.41. The molecule has 146 valence electrons. The van der Waals surface area contributed by atoms with Crippen molar-refractivity contribution in [3.05, 3.63) is 85.8 Å². The molecule has 0 aliphatic carbocycles. The van der Waals surface area contributed by atoms with Gasteiger partial charge in [-0.3, -0.25) is 14.3 Å². The summed E-state index contributed by atoms with van der Waals surface area (Å²) in [7, 11) is 1.72. The maximum absolute atomic E-state index is 12.9. The van der Waals surface area contributed by atoms with E-state index in [0.717, 1.165) is 0 Å². The monoisotopic (exact) mass is 426 g/mol. The highest BCUT2D eigenvalue weighted by Gasteiger charge is 2.20. The van der Waals surface area contributed by atoms with Crippen LogP contribution in [-0.4, -0.2) is 15.3 Å². The molecule has 1 heterocycles. The van der Waals surface area contributed by atoms with E-state index in [0.29, 0.717) is 27.0 Å². The summed E-state index contributed by atoms with van der Waals surface area (Å²) < 4.78 is 3.09. The van der Waals surface area contributed by atoms with Gasteiger partial charge in [0, 0.05) is 7.05 Å². The molecule has 0 fully saturated rings. The van der Waals surface area contributed by atoms with Gasteiger partial charge in [0.15, 0.2) is 0 Å². The van der Waals surface area contributed by atoms with Crippen molar-refractivity contribution in [3.8, 4) is 11.8 Å². The summed E-state index contributed by atoms with van der Waals surface area (Å²) in [5, 5.41) is 12.6. The zero-order valence-corrected chi connectivity index (χ0v) is 17.1. The SMILES string of the molecule is Cc1c(NC(=O)C(C#N)=Cc2ccc(Cl)c(Cl)c2)c(=O)n(-c2ccccc2)n1C. The fourth-order valence-corrected chi connectivity index (χ4v) is 3.12. The number of amides is 1. The molecule has 8 heteroatoms. The Bertz CT molecular complexity index is 1220. The quantitative estimate of drug-likeness (QED) is 0.497. The van der Waals surface area contributed by atoms with E-state index in [-0.39, 0.29) is 11.3 Å². The predicted molar refractivity (Wildman–Crippen MR) is 114 cm³/mol. The van der Waals surface area contributed by atoms with Gasteiger partial charge in [-0.1, -0.05) is 47.5 Å². The van der Waals surface area contributed by atoms with E-state index in [9.17, 15) is 14.9 Å². The van der Waals surface area contributed by atoms with E-state index in [1.807, 2.05) is 24.3 Å². The van der Waals surface area contributed by atoms with Gasteiger partial charge in [0.1, 0.15) is 17.3 Å². The highest BCUT2D eigenvalue weighted by Crippen LogP contribution is 2.24. The van der Waals surface area contributed by atoms with E-state index < -0.39 is 11.5 Å². The zero-order valence-electron chi connectivity index (χ0n) is 15.6. The minimum atomic E-state index is -0.690. The number of carbonyl (C=O) groups is 1. The second-order valence-electron chi connectivity index (χ2n) is 6.23. The van der Waals surface area contributed by atoms with Crippen LogP contribution in [0.5, 0.6) is 0 Å². The van der Waals surface area contributed by atoms with Gasteiger partial charge in [0.05, 0.1) is 21.4 Å². The summed E-state index contributed by atoms with van der Waals surface area (Å²) in [5.74, 6) is -0.690. The van der Waals surface area contributed by atoms with Gasteiger partial charge in [0.2, 0.25) is 0 Å². The molecule has 0 aliphatic rings. The number of carbonyl (C=O) groups excluding carboxylic acids is 1. The standard InChI is InChI=1S/C21H16Cl2N4O2/c1-13-19(21(29)27(26(13)2)16-6-4-3-5-7-16)25-20(28)15(12-24)10-14-8-9-17(22)18(23)11-14/h3-11H,1-2H3,(H,25,28). The number of rotatable bonds is 4. The molecule has 6 nitrogen and oxygen atoms in total. The van der Waals surface area contributed by atoms with Crippen LogP contribution < -0.4 is 10.9 Å².